The lowest BCUT2D eigenvalue weighted by atomic mass is 10.1. The summed E-state index contributed by atoms with van der Waals surface area (Å²) in [6.45, 7) is 4.14. The van der Waals surface area contributed by atoms with Gasteiger partial charge in [-0.2, -0.15) is 0 Å². The molecule has 0 aliphatic rings. The van der Waals surface area contributed by atoms with Crippen LogP contribution in [0.1, 0.15) is 18.1 Å². The van der Waals surface area contributed by atoms with Crippen LogP contribution in [0.2, 0.25) is 0 Å². The number of amides is 1. The van der Waals surface area contributed by atoms with E-state index in [0.29, 0.717) is 6.54 Å². The van der Waals surface area contributed by atoms with Crippen LogP contribution >= 0.6 is 15.9 Å². The molecule has 0 bridgehead atoms. The topological polar surface area (TPSA) is 29.1 Å². The van der Waals surface area contributed by atoms with Gasteiger partial charge in [-0.25, -0.2) is 0 Å². The van der Waals surface area contributed by atoms with Gasteiger partial charge in [-0.15, -0.1) is 0 Å². The zero-order chi connectivity index (χ0) is 11.3. The number of benzene rings is 1. The molecule has 0 saturated heterocycles. The van der Waals surface area contributed by atoms with Gasteiger partial charge in [0.15, 0.2) is 0 Å². The van der Waals surface area contributed by atoms with Gasteiger partial charge < -0.3 is 5.32 Å². The first-order chi connectivity index (χ1) is 7.11. The van der Waals surface area contributed by atoms with Crippen molar-refractivity contribution >= 4 is 27.9 Å². The van der Waals surface area contributed by atoms with Gasteiger partial charge in [-0.1, -0.05) is 40.2 Å². The Morgan fingerprint density at radius 1 is 1.53 bits per heavy atom. The van der Waals surface area contributed by atoms with Gasteiger partial charge in [0.2, 0.25) is 5.91 Å². The highest BCUT2D eigenvalue weighted by Gasteiger charge is 1.97. The van der Waals surface area contributed by atoms with Gasteiger partial charge in [0, 0.05) is 17.9 Å². The molecule has 1 amide bonds. The predicted octanol–water partition coefficient (Wildman–Crippen LogP) is 2.91. The van der Waals surface area contributed by atoms with E-state index in [1.807, 2.05) is 30.4 Å². The predicted molar refractivity (Wildman–Crippen MR) is 66.6 cm³/mol. The summed E-state index contributed by atoms with van der Waals surface area (Å²) in [7, 11) is 0. The minimum Gasteiger partial charge on any atom is -0.353 e. The van der Waals surface area contributed by atoms with Crippen molar-refractivity contribution in [2.24, 2.45) is 0 Å². The van der Waals surface area contributed by atoms with Crippen LogP contribution in [0, 0.1) is 6.92 Å². The zero-order valence-corrected chi connectivity index (χ0v) is 10.5. The van der Waals surface area contributed by atoms with E-state index < -0.39 is 0 Å². The highest BCUT2D eigenvalue weighted by atomic mass is 79.9. The molecule has 0 atom stereocenters. The summed E-state index contributed by atoms with van der Waals surface area (Å²) in [4.78, 5) is 10.6. The molecule has 0 radical (unpaired) electrons. The highest BCUT2D eigenvalue weighted by Crippen LogP contribution is 2.20. The van der Waals surface area contributed by atoms with Gasteiger partial charge >= 0.3 is 0 Å². The quantitative estimate of drug-likeness (QED) is 0.897. The maximum absolute atomic E-state index is 10.6. The standard InChI is InChI=1S/C12H14BrNO/c1-9-11(5-3-7-12(9)13)6-4-8-14-10(2)15/h3-7H,8H2,1-2H3,(H,14,15). The van der Waals surface area contributed by atoms with Gasteiger partial charge in [0.05, 0.1) is 0 Å². The van der Waals surface area contributed by atoms with Gasteiger partial charge in [0.25, 0.3) is 0 Å². The fourth-order valence-corrected chi connectivity index (χ4v) is 1.57. The fourth-order valence-electron chi connectivity index (χ4n) is 1.19. The Morgan fingerprint density at radius 3 is 2.93 bits per heavy atom. The van der Waals surface area contributed by atoms with Crippen molar-refractivity contribution in [1.29, 1.82) is 0 Å². The smallest absolute Gasteiger partial charge is 0.217 e. The summed E-state index contributed by atoms with van der Waals surface area (Å²) in [5.41, 5.74) is 2.37. The van der Waals surface area contributed by atoms with Crippen LogP contribution < -0.4 is 5.32 Å². The molecule has 0 aliphatic heterocycles. The van der Waals surface area contributed by atoms with E-state index in [-0.39, 0.29) is 5.91 Å². The molecule has 1 rings (SSSR count). The number of nitrogens with one attached hydrogen (secondary N) is 1. The van der Waals surface area contributed by atoms with Crippen molar-refractivity contribution in [2.75, 3.05) is 6.54 Å². The van der Waals surface area contributed by atoms with Crippen LogP contribution in [0.3, 0.4) is 0 Å². The molecule has 15 heavy (non-hydrogen) atoms. The van der Waals surface area contributed by atoms with E-state index in [0.717, 1.165) is 10.0 Å². The molecule has 0 spiro atoms. The first-order valence-electron chi connectivity index (χ1n) is 4.77. The van der Waals surface area contributed by atoms with E-state index >= 15 is 0 Å². The van der Waals surface area contributed by atoms with Crippen LogP contribution in [0.5, 0.6) is 0 Å². The second-order valence-corrected chi connectivity index (χ2v) is 4.15. The maximum Gasteiger partial charge on any atom is 0.217 e. The molecule has 3 heteroatoms. The Balaban J connectivity index is 2.64. The lowest BCUT2D eigenvalue weighted by Gasteiger charge is -2.02. The molecule has 0 saturated carbocycles. The third kappa shape index (κ3) is 3.88. The minimum atomic E-state index is -0.00869. The molecule has 80 valence electrons. The Morgan fingerprint density at radius 2 is 2.27 bits per heavy atom. The number of carbonyl (C=O) groups excluding carboxylic acids is 1. The Bertz CT molecular complexity index is 385. The van der Waals surface area contributed by atoms with Crippen molar-refractivity contribution in [3.8, 4) is 0 Å². The van der Waals surface area contributed by atoms with E-state index in [1.165, 1.54) is 12.5 Å². The Hall–Kier alpha value is -1.09. The van der Waals surface area contributed by atoms with Crippen molar-refractivity contribution in [1.82, 2.24) is 5.32 Å². The molecule has 0 aromatic heterocycles. The van der Waals surface area contributed by atoms with E-state index in [4.69, 9.17) is 0 Å². The molecule has 0 aliphatic carbocycles. The lowest BCUT2D eigenvalue weighted by Crippen LogP contribution is -2.19. The average Bonchev–Trinajstić information content (AvgIpc) is 2.18. The molecule has 2 nitrogen and oxygen atoms in total. The fraction of sp³-hybridized carbons (Fsp3) is 0.250. The molecule has 0 fully saturated rings. The third-order valence-corrected chi connectivity index (χ3v) is 2.93. The lowest BCUT2D eigenvalue weighted by molar-refractivity contribution is -0.118. The maximum atomic E-state index is 10.6. The second-order valence-electron chi connectivity index (χ2n) is 3.29. The molecule has 1 aromatic carbocycles. The van der Waals surface area contributed by atoms with E-state index in [9.17, 15) is 4.79 Å². The average molecular weight is 268 g/mol. The van der Waals surface area contributed by atoms with Crippen molar-refractivity contribution < 1.29 is 4.79 Å². The molecule has 1 aromatic rings. The molecule has 0 unspecified atom stereocenters. The van der Waals surface area contributed by atoms with Crippen molar-refractivity contribution in [3.05, 3.63) is 39.9 Å². The Labute approximate surface area is 98.5 Å². The molecular formula is C12H14BrNO. The number of hydrogen-bond acceptors (Lipinski definition) is 1. The van der Waals surface area contributed by atoms with Crippen LogP contribution in [0.4, 0.5) is 0 Å². The number of carbonyl (C=O) groups is 1. The first-order valence-corrected chi connectivity index (χ1v) is 5.56. The van der Waals surface area contributed by atoms with Crippen LogP contribution in [-0.4, -0.2) is 12.5 Å². The monoisotopic (exact) mass is 267 g/mol. The highest BCUT2D eigenvalue weighted by molar-refractivity contribution is 9.10. The molecule has 0 heterocycles. The molecular weight excluding hydrogens is 254 g/mol. The summed E-state index contributed by atoms with van der Waals surface area (Å²) in [6, 6.07) is 6.06. The summed E-state index contributed by atoms with van der Waals surface area (Å²) < 4.78 is 1.10. The Kier molecular flexibility index (Phi) is 4.56. The normalized spacial score (nSPS) is 10.6. The first kappa shape index (κ1) is 12.0. The van der Waals surface area contributed by atoms with E-state index in [1.54, 1.807) is 0 Å². The SMILES string of the molecule is CC(=O)NCC=Cc1cccc(Br)c1C. The van der Waals surface area contributed by atoms with Gasteiger partial charge in [-0.05, 0) is 24.1 Å². The van der Waals surface area contributed by atoms with Crippen LogP contribution in [-0.2, 0) is 4.79 Å². The zero-order valence-electron chi connectivity index (χ0n) is 8.88. The van der Waals surface area contributed by atoms with Gasteiger partial charge in [-0.3, -0.25) is 4.79 Å². The summed E-state index contributed by atoms with van der Waals surface area (Å²) >= 11 is 3.47. The second kappa shape index (κ2) is 5.71. The minimum absolute atomic E-state index is 0.00869. The summed E-state index contributed by atoms with van der Waals surface area (Å²) in [5, 5.41) is 2.71. The van der Waals surface area contributed by atoms with Gasteiger partial charge in [0.1, 0.15) is 0 Å². The number of hydrogen-bond donors (Lipinski definition) is 1. The summed E-state index contributed by atoms with van der Waals surface area (Å²) in [5.74, 6) is -0.00869. The van der Waals surface area contributed by atoms with Crippen molar-refractivity contribution in [2.45, 2.75) is 13.8 Å². The van der Waals surface area contributed by atoms with Crippen LogP contribution in [0.25, 0.3) is 6.08 Å². The number of halogens is 1. The third-order valence-electron chi connectivity index (χ3n) is 2.08. The largest absolute Gasteiger partial charge is 0.353 e. The van der Waals surface area contributed by atoms with Crippen LogP contribution in [0.15, 0.2) is 28.7 Å². The van der Waals surface area contributed by atoms with E-state index in [2.05, 4.69) is 28.2 Å². The van der Waals surface area contributed by atoms with Crippen molar-refractivity contribution in [3.63, 3.8) is 0 Å². The molecule has 1 N–H and O–H groups in total. The number of rotatable bonds is 3. The summed E-state index contributed by atoms with van der Waals surface area (Å²) in [6.07, 6.45) is 3.95.